The summed E-state index contributed by atoms with van der Waals surface area (Å²) in [5, 5.41) is 11.2. The molecule has 1 atom stereocenters. The molecule has 7 nitrogen and oxygen atoms in total. The molecule has 1 aliphatic rings. The first-order valence-corrected chi connectivity index (χ1v) is 12.7. The number of aromatic nitrogens is 1. The van der Waals surface area contributed by atoms with Crippen LogP contribution in [0.3, 0.4) is 0 Å². The average molecular weight is 508 g/mol. The Hall–Kier alpha value is -3.23. The van der Waals surface area contributed by atoms with Crippen molar-refractivity contribution in [1.82, 2.24) is 4.98 Å². The molecule has 8 heteroatoms. The van der Waals surface area contributed by atoms with E-state index in [0.29, 0.717) is 17.9 Å². The van der Waals surface area contributed by atoms with Gasteiger partial charge in [-0.05, 0) is 70.7 Å². The Bertz CT molecular complexity index is 1380. The van der Waals surface area contributed by atoms with Crippen LogP contribution in [0.1, 0.15) is 56.9 Å². The highest BCUT2D eigenvalue weighted by atomic mass is 32.1. The standard InChI is InChI=1S/C28H33N3O4S/c1-9-16-12-13-34-19-11-10-17(23(29-6)21(16)19)22-20(24(26(32)33)35-28(3,4)5)15(2)14-18-25(22)36-27(30-18)31(7)8/h9-11,14,24H,6,12-13H2,1-5,7-8H3,(H,32,33)/b16-9-/t24-/m0/s1. The fraction of sp³-hybridized carbons (Fsp3) is 0.393. The summed E-state index contributed by atoms with van der Waals surface area (Å²) in [5.74, 6) is -0.292. The van der Waals surface area contributed by atoms with Crippen LogP contribution in [0, 0.1) is 6.92 Å². The highest BCUT2D eigenvalue weighted by Gasteiger charge is 2.34. The van der Waals surface area contributed by atoms with E-state index in [1.165, 1.54) is 11.3 Å². The summed E-state index contributed by atoms with van der Waals surface area (Å²) in [6, 6.07) is 5.83. The second kappa shape index (κ2) is 9.67. The summed E-state index contributed by atoms with van der Waals surface area (Å²) in [7, 11) is 3.89. The fourth-order valence-electron chi connectivity index (χ4n) is 4.64. The van der Waals surface area contributed by atoms with E-state index in [9.17, 15) is 9.90 Å². The number of thiazole rings is 1. The second-order valence-electron chi connectivity index (χ2n) is 10.1. The van der Waals surface area contributed by atoms with E-state index in [1.54, 1.807) is 0 Å². The number of aryl methyl sites for hydroxylation is 1. The summed E-state index contributed by atoms with van der Waals surface area (Å²) < 4.78 is 13.0. The van der Waals surface area contributed by atoms with E-state index in [1.807, 2.05) is 71.8 Å². The van der Waals surface area contributed by atoms with Crippen LogP contribution in [-0.2, 0) is 9.53 Å². The first-order valence-electron chi connectivity index (χ1n) is 11.9. The lowest BCUT2D eigenvalue weighted by Gasteiger charge is -2.29. The van der Waals surface area contributed by atoms with Crippen LogP contribution in [0.15, 0.2) is 29.3 Å². The number of nitrogens with zero attached hydrogens (tertiary/aromatic N) is 3. The molecule has 1 N–H and O–H groups in total. The van der Waals surface area contributed by atoms with E-state index < -0.39 is 17.7 Å². The normalized spacial score (nSPS) is 15.5. The van der Waals surface area contributed by atoms with Gasteiger partial charge in [-0.3, -0.25) is 4.99 Å². The molecule has 0 bridgehead atoms. The van der Waals surface area contributed by atoms with Gasteiger partial charge in [0.15, 0.2) is 11.2 Å². The van der Waals surface area contributed by atoms with Crippen molar-refractivity contribution >= 4 is 50.6 Å². The van der Waals surface area contributed by atoms with Gasteiger partial charge in [-0.15, -0.1) is 0 Å². The van der Waals surface area contributed by atoms with Gasteiger partial charge in [-0.1, -0.05) is 17.4 Å². The van der Waals surface area contributed by atoms with Crippen molar-refractivity contribution in [3.8, 4) is 16.9 Å². The molecule has 0 saturated carbocycles. The number of fused-ring (bicyclic) bond motifs is 2. The summed E-state index contributed by atoms with van der Waals surface area (Å²) in [6.45, 7) is 14.0. The molecular weight excluding hydrogens is 474 g/mol. The van der Waals surface area contributed by atoms with Gasteiger partial charge >= 0.3 is 5.97 Å². The zero-order chi connectivity index (χ0) is 26.4. The number of carboxylic acids is 1. The number of carbonyl (C=O) groups is 1. The molecule has 36 heavy (non-hydrogen) atoms. The van der Waals surface area contributed by atoms with Gasteiger partial charge in [-0.25, -0.2) is 9.78 Å². The number of allylic oxidation sites excluding steroid dienone is 1. The van der Waals surface area contributed by atoms with E-state index >= 15 is 0 Å². The topological polar surface area (TPSA) is 84.2 Å². The second-order valence-corrected chi connectivity index (χ2v) is 11.1. The number of aliphatic imine (C=N–C) groups is 1. The van der Waals surface area contributed by atoms with Crippen molar-refractivity contribution < 1.29 is 19.4 Å². The van der Waals surface area contributed by atoms with E-state index in [-0.39, 0.29) is 0 Å². The predicted molar refractivity (Wildman–Crippen MR) is 148 cm³/mol. The van der Waals surface area contributed by atoms with Crippen LogP contribution >= 0.6 is 11.3 Å². The van der Waals surface area contributed by atoms with Crippen molar-refractivity contribution in [1.29, 1.82) is 0 Å². The molecule has 1 aromatic heterocycles. The van der Waals surface area contributed by atoms with Gasteiger partial charge in [0, 0.05) is 42.8 Å². The number of hydrogen-bond donors (Lipinski definition) is 1. The SMILES string of the molecule is C=Nc1c(-c2c([C@H](OC(C)(C)C)C(=O)O)c(C)cc3nc(N(C)C)sc23)ccc2c1/C(=C\C)CCO2. The lowest BCUT2D eigenvalue weighted by molar-refractivity contribution is -0.160. The summed E-state index contributed by atoms with van der Waals surface area (Å²) in [5.41, 5.74) is 5.77. The smallest absolute Gasteiger partial charge is 0.337 e. The van der Waals surface area contributed by atoms with Crippen LogP contribution in [0.25, 0.3) is 26.9 Å². The Morgan fingerprint density at radius 2 is 2.06 bits per heavy atom. The summed E-state index contributed by atoms with van der Waals surface area (Å²) in [6.07, 6.45) is 1.66. The van der Waals surface area contributed by atoms with Crippen molar-refractivity contribution in [2.45, 2.75) is 52.7 Å². The minimum Gasteiger partial charge on any atom is -0.493 e. The summed E-state index contributed by atoms with van der Waals surface area (Å²) >= 11 is 1.52. The maximum Gasteiger partial charge on any atom is 0.337 e. The maximum absolute atomic E-state index is 12.6. The molecule has 0 fully saturated rings. The number of benzene rings is 2. The van der Waals surface area contributed by atoms with Crippen LogP contribution in [-0.4, -0.2) is 49.1 Å². The number of carboxylic acid groups (broad SMARTS) is 1. The van der Waals surface area contributed by atoms with Gasteiger partial charge in [0.05, 0.1) is 28.1 Å². The maximum atomic E-state index is 12.6. The molecule has 2 heterocycles. The number of aliphatic carboxylic acids is 1. The summed E-state index contributed by atoms with van der Waals surface area (Å²) in [4.78, 5) is 23.9. The van der Waals surface area contributed by atoms with Crippen molar-refractivity contribution in [2.24, 2.45) is 4.99 Å². The Balaban J connectivity index is 2.15. The molecule has 1 aliphatic heterocycles. The third-order valence-electron chi connectivity index (χ3n) is 6.12. The fourth-order valence-corrected chi connectivity index (χ4v) is 5.68. The Morgan fingerprint density at radius 1 is 1.33 bits per heavy atom. The van der Waals surface area contributed by atoms with Crippen molar-refractivity contribution in [3.63, 3.8) is 0 Å². The lowest BCUT2D eigenvalue weighted by Crippen LogP contribution is -2.28. The number of hydrogen-bond acceptors (Lipinski definition) is 7. The molecule has 0 unspecified atom stereocenters. The minimum atomic E-state index is -1.18. The van der Waals surface area contributed by atoms with E-state index in [4.69, 9.17) is 14.5 Å². The zero-order valence-corrected chi connectivity index (χ0v) is 22.7. The van der Waals surface area contributed by atoms with Crippen molar-refractivity contribution in [2.75, 3.05) is 25.6 Å². The van der Waals surface area contributed by atoms with Crippen LogP contribution in [0.4, 0.5) is 10.8 Å². The van der Waals surface area contributed by atoms with Gasteiger partial charge in [0.2, 0.25) is 0 Å². The first kappa shape index (κ1) is 25.9. The molecule has 0 aliphatic carbocycles. The minimum absolute atomic E-state index is 0.600. The largest absolute Gasteiger partial charge is 0.493 e. The average Bonchev–Trinajstić information content (AvgIpc) is 3.24. The highest BCUT2D eigenvalue weighted by molar-refractivity contribution is 7.22. The van der Waals surface area contributed by atoms with Gasteiger partial charge in [0.1, 0.15) is 5.75 Å². The van der Waals surface area contributed by atoms with Gasteiger partial charge < -0.3 is 19.5 Å². The third-order valence-corrected chi connectivity index (χ3v) is 7.38. The number of rotatable bonds is 6. The quantitative estimate of drug-likeness (QED) is 0.370. The number of anilines is 1. The van der Waals surface area contributed by atoms with E-state index in [2.05, 4.69) is 17.8 Å². The Labute approximate surface area is 216 Å². The lowest BCUT2D eigenvalue weighted by atomic mass is 9.87. The Morgan fingerprint density at radius 3 is 2.64 bits per heavy atom. The van der Waals surface area contributed by atoms with Gasteiger partial charge in [0.25, 0.3) is 0 Å². The highest BCUT2D eigenvalue weighted by Crippen LogP contribution is 2.50. The molecule has 2 aromatic carbocycles. The molecule has 4 rings (SSSR count). The molecule has 0 saturated heterocycles. The van der Waals surface area contributed by atoms with Crippen LogP contribution in [0.5, 0.6) is 5.75 Å². The third kappa shape index (κ3) is 4.63. The monoisotopic (exact) mass is 507 g/mol. The zero-order valence-electron chi connectivity index (χ0n) is 21.9. The first-order chi connectivity index (χ1) is 17.0. The van der Waals surface area contributed by atoms with Crippen LogP contribution < -0.4 is 9.64 Å². The Kier molecular flexibility index (Phi) is 6.94. The molecule has 190 valence electrons. The predicted octanol–water partition coefficient (Wildman–Crippen LogP) is 6.80. The van der Waals surface area contributed by atoms with Crippen LogP contribution in [0.2, 0.25) is 0 Å². The molecular formula is C28H33N3O4S. The molecule has 3 aromatic rings. The van der Waals surface area contributed by atoms with E-state index in [0.717, 1.165) is 55.3 Å². The number of ether oxygens (including phenoxy) is 2. The molecule has 0 radical (unpaired) electrons. The molecule has 0 amide bonds. The molecule has 0 spiro atoms. The van der Waals surface area contributed by atoms with Gasteiger partial charge in [-0.2, -0.15) is 0 Å². The van der Waals surface area contributed by atoms with Crippen molar-refractivity contribution in [3.05, 3.63) is 41.0 Å².